The summed E-state index contributed by atoms with van der Waals surface area (Å²) >= 11 is 0. The Hall–Kier alpha value is -2.44. The predicted octanol–water partition coefficient (Wildman–Crippen LogP) is 1.62. The third-order valence-electron chi connectivity index (χ3n) is 4.22. The molecule has 25 heavy (non-hydrogen) atoms. The molecule has 0 fully saturated rings. The Balaban J connectivity index is 2.62. The first kappa shape index (κ1) is 18.9. The van der Waals surface area contributed by atoms with Gasteiger partial charge in [-0.3, -0.25) is 0 Å². The Morgan fingerprint density at radius 3 is 2.40 bits per heavy atom. The summed E-state index contributed by atoms with van der Waals surface area (Å²) in [7, 11) is 0. The van der Waals surface area contributed by atoms with E-state index in [4.69, 9.17) is 4.74 Å². The zero-order valence-corrected chi connectivity index (χ0v) is 14.3. The fourth-order valence-electron chi connectivity index (χ4n) is 2.87. The fraction of sp³-hybridized carbons (Fsp3) is 0.368. The van der Waals surface area contributed by atoms with Crippen LogP contribution in [-0.2, 0) is 14.3 Å². The van der Waals surface area contributed by atoms with Crippen LogP contribution in [0.25, 0.3) is 0 Å². The first-order valence-electron chi connectivity index (χ1n) is 8.15. The van der Waals surface area contributed by atoms with Crippen LogP contribution >= 0.6 is 0 Å². The van der Waals surface area contributed by atoms with Gasteiger partial charge in [0.25, 0.3) is 0 Å². The lowest BCUT2D eigenvalue weighted by Crippen LogP contribution is -2.63. The summed E-state index contributed by atoms with van der Waals surface area (Å²) in [5, 5.41) is 21.5. The monoisotopic (exact) mass is 345 g/mol. The highest BCUT2D eigenvalue weighted by molar-refractivity contribution is 5.88. The van der Waals surface area contributed by atoms with Gasteiger partial charge in [-0.1, -0.05) is 42.0 Å². The predicted molar refractivity (Wildman–Crippen MR) is 92.3 cm³/mol. The molecule has 1 aliphatic heterocycles. The molecule has 0 radical (unpaired) electrons. The number of benzene rings is 1. The molecule has 1 heterocycles. The minimum Gasteiger partial charge on any atom is -0.464 e. The van der Waals surface area contributed by atoms with E-state index in [-0.39, 0.29) is 12.9 Å². The third-order valence-corrected chi connectivity index (χ3v) is 4.22. The zero-order chi connectivity index (χ0) is 18.4. The van der Waals surface area contributed by atoms with E-state index >= 15 is 0 Å². The molecule has 0 saturated heterocycles. The van der Waals surface area contributed by atoms with Gasteiger partial charge in [0.15, 0.2) is 6.29 Å². The molecule has 0 saturated carbocycles. The Morgan fingerprint density at radius 2 is 1.88 bits per heavy atom. The molecule has 2 rings (SSSR count). The molecular weight excluding hydrogens is 322 g/mol. The lowest BCUT2D eigenvalue weighted by Gasteiger charge is -2.44. The van der Waals surface area contributed by atoms with E-state index in [0.29, 0.717) is 12.0 Å². The van der Waals surface area contributed by atoms with E-state index < -0.39 is 23.7 Å². The van der Waals surface area contributed by atoms with Crippen molar-refractivity contribution in [3.63, 3.8) is 0 Å². The van der Waals surface area contributed by atoms with Gasteiger partial charge >= 0.3 is 5.97 Å². The van der Waals surface area contributed by atoms with Crippen molar-refractivity contribution < 1.29 is 24.5 Å². The zero-order valence-electron chi connectivity index (χ0n) is 14.3. The summed E-state index contributed by atoms with van der Waals surface area (Å²) in [6.45, 7) is 3.56. The number of carbonyl (C=O) groups excluding carboxylic acids is 2. The maximum atomic E-state index is 12.8. The second-order valence-corrected chi connectivity index (χ2v) is 5.85. The second-order valence-electron chi connectivity index (χ2n) is 5.85. The number of esters is 1. The molecule has 0 aliphatic carbocycles. The molecular formula is C19H23NO5. The van der Waals surface area contributed by atoms with Gasteiger partial charge in [0, 0.05) is 12.4 Å². The van der Waals surface area contributed by atoms with Crippen molar-refractivity contribution >= 4 is 12.3 Å². The van der Waals surface area contributed by atoms with Crippen molar-refractivity contribution in [3.8, 4) is 0 Å². The van der Waals surface area contributed by atoms with Gasteiger partial charge in [-0.15, -0.1) is 0 Å². The topological polar surface area (TPSA) is 87.1 Å². The molecule has 0 aromatic heterocycles. The van der Waals surface area contributed by atoms with E-state index in [2.05, 4.69) is 0 Å². The first-order chi connectivity index (χ1) is 12.0. The Labute approximate surface area is 147 Å². The largest absolute Gasteiger partial charge is 0.464 e. The molecule has 3 unspecified atom stereocenters. The number of aliphatic hydroxyl groups is 2. The van der Waals surface area contributed by atoms with E-state index in [9.17, 15) is 19.8 Å². The van der Waals surface area contributed by atoms with Crippen molar-refractivity contribution in [2.75, 3.05) is 6.61 Å². The maximum absolute atomic E-state index is 12.8. The summed E-state index contributed by atoms with van der Waals surface area (Å²) in [4.78, 5) is 25.6. The van der Waals surface area contributed by atoms with Gasteiger partial charge in [0.2, 0.25) is 5.54 Å². The van der Waals surface area contributed by atoms with Gasteiger partial charge in [-0.25, -0.2) is 4.79 Å². The smallest absolute Gasteiger partial charge is 0.338 e. The van der Waals surface area contributed by atoms with Crippen LogP contribution in [0, 0.1) is 6.92 Å². The highest BCUT2D eigenvalue weighted by Crippen LogP contribution is 2.37. The van der Waals surface area contributed by atoms with E-state index in [0.717, 1.165) is 5.56 Å². The molecule has 0 bridgehead atoms. The number of hydrogen-bond acceptors (Lipinski definition) is 6. The molecule has 1 aliphatic rings. The van der Waals surface area contributed by atoms with Crippen molar-refractivity contribution in [2.24, 2.45) is 0 Å². The third kappa shape index (κ3) is 3.50. The standard InChI is InChI=1S/C19H23NO5/c1-3-25-18(24)19(16(22)13-21,20-11-5-4-6-12-20)17(23)15-9-7-14(2)8-10-15/h5-13,16-17,22-23H,3-4H2,1-2H3. The van der Waals surface area contributed by atoms with Crippen molar-refractivity contribution in [1.82, 2.24) is 4.90 Å². The number of hydrogen-bond donors (Lipinski definition) is 2. The lowest BCUT2D eigenvalue weighted by atomic mass is 9.80. The van der Waals surface area contributed by atoms with Crippen molar-refractivity contribution in [3.05, 3.63) is 59.9 Å². The summed E-state index contributed by atoms with van der Waals surface area (Å²) in [6.07, 6.45) is 4.23. The molecule has 6 nitrogen and oxygen atoms in total. The van der Waals surface area contributed by atoms with Crippen LogP contribution in [0.2, 0.25) is 0 Å². The highest BCUT2D eigenvalue weighted by Gasteiger charge is 2.56. The van der Waals surface area contributed by atoms with E-state index in [1.54, 1.807) is 55.7 Å². The maximum Gasteiger partial charge on any atom is 0.338 e. The van der Waals surface area contributed by atoms with Crippen molar-refractivity contribution in [2.45, 2.75) is 38.0 Å². The normalized spacial score (nSPS) is 18.3. The molecule has 134 valence electrons. The SMILES string of the molecule is CCOC(=O)C(C(O)C=O)(C(O)c1ccc(C)cc1)N1C=CCC=C1. The number of aryl methyl sites for hydroxylation is 1. The first-order valence-corrected chi connectivity index (χ1v) is 8.15. The van der Waals surface area contributed by atoms with Gasteiger partial charge in [0.1, 0.15) is 12.2 Å². The average molecular weight is 345 g/mol. The van der Waals surface area contributed by atoms with Crippen LogP contribution in [0.5, 0.6) is 0 Å². The van der Waals surface area contributed by atoms with Crippen molar-refractivity contribution in [1.29, 1.82) is 0 Å². The van der Waals surface area contributed by atoms with E-state index in [1.165, 1.54) is 4.90 Å². The quantitative estimate of drug-likeness (QED) is 0.577. The second kappa shape index (κ2) is 8.09. The molecule has 3 atom stereocenters. The van der Waals surface area contributed by atoms with Crippen LogP contribution < -0.4 is 0 Å². The number of carbonyl (C=O) groups is 2. The van der Waals surface area contributed by atoms with Crippen LogP contribution in [0.1, 0.15) is 30.6 Å². The van der Waals surface area contributed by atoms with Crippen LogP contribution in [0.4, 0.5) is 0 Å². The average Bonchev–Trinajstić information content (AvgIpc) is 2.63. The highest BCUT2D eigenvalue weighted by atomic mass is 16.5. The molecule has 2 N–H and O–H groups in total. The molecule has 0 spiro atoms. The summed E-state index contributed by atoms with van der Waals surface area (Å²) in [5.74, 6) is -0.876. The van der Waals surface area contributed by atoms with Crippen LogP contribution in [0.3, 0.4) is 0 Å². The van der Waals surface area contributed by atoms with Crippen LogP contribution in [0.15, 0.2) is 48.8 Å². The van der Waals surface area contributed by atoms with Gasteiger partial charge < -0.3 is 24.6 Å². The van der Waals surface area contributed by atoms with Gasteiger partial charge in [-0.2, -0.15) is 0 Å². The van der Waals surface area contributed by atoms with E-state index in [1.807, 2.05) is 6.92 Å². The number of aliphatic hydroxyl groups excluding tert-OH is 2. The van der Waals surface area contributed by atoms with Crippen LogP contribution in [-0.4, -0.2) is 45.6 Å². The number of allylic oxidation sites excluding steroid dienone is 2. The summed E-state index contributed by atoms with van der Waals surface area (Å²) in [5.41, 5.74) is -0.640. The summed E-state index contributed by atoms with van der Waals surface area (Å²) < 4.78 is 5.12. The summed E-state index contributed by atoms with van der Waals surface area (Å²) in [6, 6.07) is 6.87. The Kier molecular flexibility index (Phi) is 6.12. The molecule has 0 amide bonds. The lowest BCUT2D eigenvalue weighted by molar-refractivity contribution is -0.175. The molecule has 1 aromatic rings. The molecule has 6 heteroatoms. The number of ether oxygens (including phenoxy) is 1. The molecule has 1 aromatic carbocycles. The minimum atomic E-state index is -2.01. The fourth-order valence-corrected chi connectivity index (χ4v) is 2.87. The number of aldehydes is 1. The van der Waals surface area contributed by atoms with Gasteiger partial charge in [-0.05, 0) is 25.8 Å². The Morgan fingerprint density at radius 1 is 1.28 bits per heavy atom. The van der Waals surface area contributed by atoms with Gasteiger partial charge in [0.05, 0.1) is 6.61 Å². The Bertz CT molecular complexity index is 655. The number of rotatable bonds is 7. The number of nitrogens with zero attached hydrogens (tertiary/aromatic N) is 1. The minimum absolute atomic E-state index is 0.0496.